The summed E-state index contributed by atoms with van der Waals surface area (Å²) in [6, 6.07) is 12.2. The molecule has 2 aromatic rings. The minimum atomic E-state index is 0.610. The summed E-state index contributed by atoms with van der Waals surface area (Å²) in [6.45, 7) is 1.30. The molecule has 4 heteroatoms. The summed E-state index contributed by atoms with van der Waals surface area (Å²) in [4.78, 5) is 0. The van der Waals surface area contributed by atoms with Gasteiger partial charge < -0.3 is 14.5 Å². The minimum absolute atomic E-state index is 0.610. The number of hydrogen-bond donors (Lipinski definition) is 1. The predicted molar refractivity (Wildman–Crippen MR) is 80.4 cm³/mol. The van der Waals surface area contributed by atoms with Gasteiger partial charge in [0, 0.05) is 18.4 Å². The zero-order valence-electron chi connectivity index (χ0n) is 11.3. The minimum Gasteiger partial charge on any atom is -0.463 e. The number of thioether (sulfide) groups is 1. The summed E-state index contributed by atoms with van der Waals surface area (Å²) in [5.41, 5.74) is 2.24. The molecule has 0 aliphatic heterocycles. The van der Waals surface area contributed by atoms with E-state index in [0.717, 1.165) is 28.5 Å². The highest BCUT2D eigenvalue weighted by atomic mass is 32.2. The third kappa shape index (κ3) is 4.04. The molecule has 19 heavy (non-hydrogen) atoms. The Morgan fingerprint density at radius 2 is 1.95 bits per heavy atom. The lowest BCUT2D eigenvalue weighted by atomic mass is 10.2. The maximum atomic E-state index is 5.73. The van der Waals surface area contributed by atoms with Crippen molar-refractivity contribution < 1.29 is 9.15 Å². The number of furan rings is 1. The summed E-state index contributed by atoms with van der Waals surface area (Å²) in [7, 11) is 1.71. The lowest BCUT2D eigenvalue weighted by Crippen LogP contribution is -2.02. The topological polar surface area (TPSA) is 34.4 Å². The molecule has 0 bridgehead atoms. The standard InChI is InChI=1S/C15H19NO2S/c1-17-10-12-5-3-4-6-15(12)16-9-13-7-8-14(18-13)11-19-2/h3-8,16H,9-11H2,1-2H3. The molecule has 1 aromatic heterocycles. The molecule has 1 aromatic carbocycles. The van der Waals surface area contributed by atoms with Crippen LogP contribution in [0.2, 0.25) is 0 Å². The van der Waals surface area contributed by atoms with Gasteiger partial charge >= 0.3 is 0 Å². The van der Waals surface area contributed by atoms with Crippen LogP contribution >= 0.6 is 11.8 Å². The van der Waals surface area contributed by atoms with Crippen molar-refractivity contribution in [3.8, 4) is 0 Å². The molecule has 0 saturated carbocycles. The van der Waals surface area contributed by atoms with Crippen LogP contribution < -0.4 is 5.32 Å². The molecule has 0 radical (unpaired) electrons. The molecule has 0 saturated heterocycles. The van der Waals surface area contributed by atoms with Gasteiger partial charge in [0.15, 0.2) is 0 Å². The van der Waals surface area contributed by atoms with Crippen LogP contribution in [0.3, 0.4) is 0 Å². The van der Waals surface area contributed by atoms with Crippen molar-refractivity contribution in [1.82, 2.24) is 0 Å². The highest BCUT2D eigenvalue weighted by Crippen LogP contribution is 2.18. The quantitative estimate of drug-likeness (QED) is 0.832. The average molecular weight is 277 g/mol. The van der Waals surface area contributed by atoms with Crippen LogP contribution in [-0.2, 0) is 23.6 Å². The zero-order chi connectivity index (χ0) is 13.5. The van der Waals surface area contributed by atoms with Gasteiger partial charge in [-0.1, -0.05) is 18.2 Å². The lowest BCUT2D eigenvalue weighted by Gasteiger charge is -2.10. The number of nitrogens with one attached hydrogen (secondary N) is 1. The van der Waals surface area contributed by atoms with E-state index >= 15 is 0 Å². The van der Waals surface area contributed by atoms with Gasteiger partial charge in [-0.3, -0.25) is 0 Å². The second kappa shape index (κ2) is 7.26. The predicted octanol–water partition coefficient (Wildman–Crippen LogP) is 3.90. The fraction of sp³-hybridized carbons (Fsp3) is 0.333. The van der Waals surface area contributed by atoms with Crippen LogP contribution in [0.1, 0.15) is 17.1 Å². The van der Waals surface area contributed by atoms with E-state index < -0.39 is 0 Å². The molecular formula is C15H19NO2S. The van der Waals surface area contributed by atoms with Gasteiger partial charge in [-0.05, 0) is 24.5 Å². The highest BCUT2D eigenvalue weighted by Gasteiger charge is 2.04. The van der Waals surface area contributed by atoms with E-state index in [1.807, 2.05) is 24.3 Å². The summed E-state index contributed by atoms with van der Waals surface area (Å²) in [5.74, 6) is 2.89. The highest BCUT2D eigenvalue weighted by molar-refractivity contribution is 7.97. The Kier molecular flexibility index (Phi) is 5.36. The largest absolute Gasteiger partial charge is 0.463 e. The number of methoxy groups -OCH3 is 1. The SMILES string of the molecule is COCc1ccccc1NCc1ccc(CSC)o1. The molecule has 1 N–H and O–H groups in total. The van der Waals surface area contributed by atoms with Crippen LogP contribution in [-0.4, -0.2) is 13.4 Å². The number of ether oxygens (including phenoxy) is 1. The van der Waals surface area contributed by atoms with Crippen LogP contribution in [0, 0.1) is 0 Å². The monoisotopic (exact) mass is 277 g/mol. The summed E-state index contributed by atoms with van der Waals surface area (Å²) in [5, 5.41) is 3.39. The van der Waals surface area contributed by atoms with Gasteiger partial charge in [0.2, 0.25) is 0 Å². The normalized spacial score (nSPS) is 10.6. The molecule has 0 spiro atoms. The Morgan fingerprint density at radius 3 is 2.74 bits per heavy atom. The fourth-order valence-corrected chi connectivity index (χ4v) is 2.33. The first-order chi connectivity index (χ1) is 9.33. The first kappa shape index (κ1) is 14.0. The Morgan fingerprint density at radius 1 is 1.16 bits per heavy atom. The fourth-order valence-electron chi connectivity index (χ4n) is 1.89. The smallest absolute Gasteiger partial charge is 0.123 e. The van der Waals surface area contributed by atoms with Gasteiger partial charge in [-0.25, -0.2) is 0 Å². The Balaban J connectivity index is 1.97. The third-order valence-electron chi connectivity index (χ3n) is 2.77. The molecule has 0 aliphatic carbocycles. The van der Waals surface area contributed by atoms with Crippen LogP contribution in [0.4, 0.5) is 5.69 Å². The number of benzene rings is 1. The van der Waals surface area contributed by atoms with Gasteiger partial charge in [-0.2, -0.15) is 11.8 Å². The third-order valence-corrected chi connectivity index (χ3v) is 3.35. The number of para-hydroxylation sites is 1. The van der Waals surface area contributed by atoms with E-state index in [4.69, 9.17) is 9.15 Å². The van der Waals surface area contributed by atoms with Crippen molar-refractivity contribution >= 4 is 17.4 Å². The Bertz CT molecular complexity index is 510. The molecule has 2 rings (SSSR count). The first-order valence-electron chi connectivity index (χ1n) is 6.20. The van der Waals surface area contributed by atoms with Crippen LogP contribution in [0.15, 0.2) is 40.8 Å². The van der Waals surface area contributed by atoms with Gasteiger partial charge in [0.25, 0.3) is 0 Å². The molecule has 0 amide bonds. The lowest BCUT2D eigenvalue weighted by molar-refractivity contribution is 0.185. The Labute approximate surface area is 118 Å². The molecule has 3 nitrogen and oxygen atoms in total. The van der Waals surface area contributed by atoms with E-state index in [2.05, 4.69) is 23.7 Å². The maximum absolute atomic E-state index is 5.73. The van der Waals surface area contributed by atoms with Crippen molar-refractivity contribution in [1.29, 1.82) is 0 Å². The second-order valence-electron chi connectivity index (χ2n) is 4.24. The Hall–Kier alpha value is -1.39. The molecule has 0 fully saturated rings. The number of hydrogen-bond acceptors (Lipinski definition) is 4. The van der Waals surface area contributed by atoms with Gasteiger partial charge in [0.1, 0.15) is 11.5 Å². The van der Waals surface area contributed by atoms with Gasteiger partial charge in [0.05, 0.1) is 18.9 Å². The van der Waals surface area contributed by atoms with Crippen molar-refractivity contribution in [2.45, 2.75) is 18.9 Å². The molecule has 1 heterocycles. The summed E-state index contributed by atoms with van der Waals surface area (Å²) >= 11 is 1.76. The van der Waals surface area contributed by atoms with Gasteiger partial charge in [-0.15, -0.1) is 0 Å². The van der Waals surface area contributed by atoms with Crippen molar-refractivity contribution in [2.75, 3.05) is 18.7 Å². The van der Waals surface area contributed by atoms with E-state index in [9.17, 15) is 0 Å². The number of rotatable bonds is 7. The van der Waals surface area contributed by atoms with Crippen molar-refractivity contribution in [3.63, 3.8) is 0 Å². The molecule has 0 atom stereocenters. The van der Waals surface area contributed by atoms with E-state index in [0.29, 0.717) is 13.2 Å². The second-order valence-corrected chi connectivity index (χ2v) is 5.11. The average Bonchev–Trinajstić information content (AvgIpc) is 2.86. The van der Waals surface area contributed by atoms with Crippen LogP contribution in [0.25, 0.3) is 0 Å². The van der Waals surface area contributed by atoms with E-state index in [-0.39, 0.29) is 0 Å². The summed E-state index contributed by atoms with van der Waals surface area (Å²) in [6.07, 6.45) is 2.07. The summed E-state index contributed by atoms with van der Waals surface area (Å²) < 4.78 is 10.9. The van der Waals surface area contributed by atoms with Crippen LogP contribution in [0.5, 0.6) is 0 Å². The van der Waals surface area contributed by atoms with Crippen molar-refractivity contribution in [3.05, 3.63) is 53.5 Å². The molecule has 102 valence electrons. The maximum Gasteiger partial charge on any atom is 0.123 e. The first-order valence-corrected chi connectivity index (χ1v) is 7.60. The zero-order valence-corrected chi connectivity index (χ0v) is 12.1. The molecular weight excluding hydrogens is 258 g/mol. The molecule has 0 unspecified atom stereocenters. The van der Waals surface area contributed by atoms with E-state index in [1.165, 1.54) is 0 Å². The van der Waals surface area contributed by atoms with Crippen molar-refractivity contribution in [2.24, 2.45) is 0 Å². The molecule has 0 aliphatic rings. The number of anilines is 1. The van der Waals surface area contributed by atoms with E-state index in [1.54, 1.807) is 18.9 Å².